The Kier molecular flexibility index (Phi) is 4.11. The average molecular weight is 361 g/mol. The van der Waals surface area contributed by atoms with Gasteiger partial charge in [0.05, 0.1) is 11.2 Å². The smallest absolute Gasteiger partial charge is 0.459 e. The maximum Gasteiger partial charge on any atom is 0.496 e. The normalized spacial score (nSPS) is 24.1. The summed E-state index contributed by atoms with van der Waals surface area (Å²) in [6, 6.07) is 1.05. The van der Waals surface area contributed by atoms with Crippen LogP contribution >= 0.6 is 0 Å². The number of hydrogen-bond acceptors (Lipinski definition) is 4. The van der Waals surface area contributed by atoms with Gasteiger partial charge < -0.3 is 14.0 Å². The van der Waals surface area contributed by atoms with Gasteiger partial charge in [-0.15, -0.1) is 0 Å². The van der Waals surface area contributed by atoms with Crippen LogP contribution in [0.3, 0.4) is 0 Å². The highest BCUT2D eigenvalue weighted by atomic mass is 19.4. The van der Waals surface area contributed by atoms with Crippen LogP contribution in [0.4, 0.5) is 17.6 Å². The number of halogens is 4. The van der Waals surface area contributed by atoms with Crippen LogP contribution in [0, 0.1) is 5.82 Å². The third kappa shape index (κ3) is 3.01. The van der Waals surface area contributed by atoms with E-state index in [1.165, 1.54) is 6.20 Å². The first kappa shape index (κ1) is 18.4. The van der Waals surface area contributed by atoms with E-state index in [1.54, 1.807) is 0 Å². The molecule has 25 heavy (non-hydrogen) atoms. The molecule has 4 nitrogen and oxygen atoms in total. The highest BCUT2D eigenvalue weighted by molar-refractivity contribution is 6.62. The van der Waals surface area contributed by atoms with Gasteiger partial charge in [0, 0.05) is 11.7 Å². The summed E-state index contributed by atoms with van der Waals surface area (Å²) in [7, 11) is -0.846. The van der Waals surface area contributed by atoms with Crippen LogP contribution in [0.1, 0.15) is 47.0 Å². The molecule has 1 aromatic rings. The van der Waals surface area contributed by atoms with E-state index in [4.69, 9.17) is 14.0 Å². The number of alkyl halides is 3. The van der Waals surface area contributed by atoms with Crippen molar-refractivity contribution in [1.82, 2.24) is 4.98 Å². The molecule has 0 spiro atoms. The molecule has 2 fully saturated rings. The Balaban J connectivity index is 1.81. The van der Waals surface area contributed by atoms with Crippen molar-refractivity contribution in [2.45, 2.75) is 69.9 Å². The zero-order valence-electron chi connectivity index (χ0n) is 14.5. The molecule has 0 radical (unpaired) electrons. The second-order valence-corrected chi connectivity index (χ2v) is 7.59. The van der Waals surface area contributed by atoms with E-state index in [0.717, 1.165) is 6.07 Å². The number of pyridine rings is 1. The molecule has 3 rings (SSSR count). The zero-order chi connectivity index (χ0) is 18.7. The Morgan fingerprint density at radius 2 is 1.68 bits per heavy atom. The van der Waals surface area contributed by atoms with Crippen LogP contribution in [-0.2, 0) is 9.31 Å². The van der Waals surface area contributed by atoms with Crippen molar-refractivity contribution < 1.29 is 31.6 Å². The van der Waals surface area contributed by atoms with Crippen molar-refractivity contribution in [3.63, 3.8) is 0 Å². The third-order valence-electron chi connectivity index (χ3n) is 5.32. The zero-order valence-corrected chi connectivity index (χ0v) is 14.5. The lowest BCUT2D eigenvalue weighted by Gasteiger charge is -2.42. The van der Waals surface area contributed by atoms with Crippen LogP contribution < -0.4 is 10.2 Å². The monoisotopic (exact) mass is 361 g/mol. The van der Waals surface area contributed by atoms with Gasteiger partial charge in [-0.05, 0) is 53.0 Å². The molecule has 1 aliphatic heterocycles. The second kappa shape index (κ2) is 5.57. The lowest BCUT2D eigenvalue weighted by Crippen LogP contribution is -2.55. The number of ether oxygens (including phenoxy) is 1. The molecule has 1 saturated carbocycles. The number of nitrogens with zero attached hydrogens (tertiary/aromatic N) is 1. The molecule has 1 saturated heterocycles. The highest BCUT2D eigenvalue weighted by Crippen LogP contribution is 2.48. The maximum absolute atomic E-state index is 14.3. The molecule has 0 aromatic carbocycles. The minimum absolute atomic E-state index is 0.198. The molecular weight excluding hydrogens is 341 g/mol. The van der Waals surface area contributed by atoms with Crippen molar-refractivity contribution in [3.05, 3.63) is 18.1 Å². The molecule has 0 unspecified atom stereocenters. The molecule has 0 amide bonds. The molecule has 138 valence electrons. The lowest BCUT2D eigenvalue weighted by atomic mass is 9.79. The second-order valence-electron chi connectivity index (χ2n) is 7.59. The Morgan fingerprint density at radius 3 is 2.08 bits per heavy atom. The van der Waals surface area contributed by atoms with Crippen molar-refractivity contribution in [3.8, 4) is 5.88 Å². The topological polar surface area (TPSA) is 40.6 Å². The SMILES string of the molecule is CC1(C)OB(c2cnc(OC3(C(F)(F)F)CCC3)c(F)c2)OC1(C)C. The van der Waals surface area contributed by atoms with Crippen LogP contribution in [-0.4, -0.2) is 35.1 Å². The third-order valence-corrected chi connectivity index (χ3v) is 5.32. The minimum Gasteiger partial charge on any atom is -0.459 e. The number of aromatic nitrogens is 1. The molecule has 2 heterocycles. The molecule has 1 aliphatic carbocycles. The molecule has 9 heteroatoms. The minimum atomic E-state index is -4.57. The van der Waals surface area contributed by atoms with Gasteiger partial charge in [-0.25, -0.2) is 9.37 Å². The highest BCUT2D eigenvalue weighted by Gasteiger charge is 2.61. The van der Waals surface area contributed by atoms with Crippen molar-refractivity contribution in [2.75, 3.05) is 0 Å². The molecule has 0 N–H and O–H groups in total. The predicted molar refractivity (Wildman–Crippen MR) is 83.2 cm³/mol. The fourth-order valence-corrected chi connectivity index (χ4v) is 2.75. The van der Waals surface area contributed by atoms with Gasteiger partial charge in [-0.2, -0.15) is 13.2 Å². The summed E-state index contributed by atoms with van der Waals surface area (Å²) < 4.78 is 70.3. The summed E-state index contributed by atoms with van der Waals surface area (Å²) >= 11 is 0. The first-order valence-corrected chi connectivity index (χ1v) is 8.14. The van der Waals surface area contributed by atoms with E-state index in [2.05, 4.69) is 4.98 Å². The van der Waals surface area contributed by atoms with Gasteiger partial charge >= 0.3 is 13.3 Å². The summed E-state index contributed by atoms with van der Waals surface area (Å²) in [6.45, 7) is 7.38. The van der Waals surface area contributed by atoms with E-state index < -0.39 is 41.8 Å². The Bertz CT molecular complexity index is 658. The Hall–Kier alpha value is -1.35. The summed E-state index contributed by atoms with van der Waals surface area (Å²) in [5.74, 6) is -1.62. The summed E-state index contributed by atoms with van der Waals surface area (Å²) in [6.07, 6.45) is -3.35. The van der Waals surface area contributed by atoms with Crippen molar-refractivity contribution in [2.24, 2.45) is 0 Å². The maximum atomic E-state index is 14.3. The number of hydrogen-bond donors (Lipinski definition) is 0. The Morgan fingerprint density at radius 1 is 1.12 bits per heavy atom. The lowest BCUT2D eigenvalue weighted by molar-refractivity contribution is -0.275. The molecular formula is C16H20BF4NO3. The van der Waals surface area contributed by atoms with Crippen LogP contribution in [0.5, 0.6) is 5.88 Å². The van der Waals surface area contributed by atoms with E-state index in [9.17, 15) is 17.6 Å². The molecule has 2 aliphatic rings. The first-order chi connectivity index (χ1) is 11.4. The predicted octanol–water partition coefficient (Wildman–Crippen LogP) is 3.38. The van der Waals surface area contributed by atoms with E-state index >= 15 is 0 Å². The van der Waals surface area contributed by atoms with E-state index in [0.29, 0.717) is 6.42 Å². The number of rotatable bonds is 3. The van der Waals surface area contributed by atoms with Crippen molar-refractivity contribution in [1.29, 1.82) is 0 Å². The molecule has 0 atom stereocenters. The van der Waals surface area contributed by atoms with Crippen molar-refractivity contribution >= 4 is 12.6 Å². The summed E-state index contributed by atoms with van der Waals surface area (Å²) in [4.78, 5) is 3.74. The fraction of sp³-hybridized carbons (Fsp3) is 0.688. The quantitative estimate of drug-likeness (QED) is 0.611. The van der Waals surface area contributed by atoms with Gasteiger partial charge in [-0.3, -0.25) is 0 Å². The molecule has 1 aromatic heterocycles. The van der Waals surface area contributed by atoms with Crippen LogP contribution in [0.25, 0.3) is 0 Å². The average Bonchev–Trinajstić information content (AvgIpc) is 2.62. The van der Waals surface area contributed by atoms with E-state index in [-0.39, 0.29) is 18.3 Å². The van der Waals surface area contributed by atoms with Crippen LogP contribution in [0.2, 0.25) is 0 Å². The standard InChI is InChI=1S/C16H20BF4NO3/c1-13(2)14(3,4)25-17(24-13)10-8-11(18)12(22-9-10)23-15(6-5-7-15)16(19,20)21/h8-9H,5-7H2,1-4H3. The van der Waals surface area contributed by atoms with Gasteiger partial charge in [0.25, 0.3) is 5.88 Å². The van der Waals surface area contributed by atoms with Crippen LogP contribution in [0.15, 0.2) is 12.3 Å². The Labute approximate surface area is 144 Å². The van der Waals surface area contributed by atoms with Gasteiger partial charge in [0.1, 0.15) is 0 Å². The summed E-state index contributed by atoms with van der Waals surface area (Å²) in [5.41, 5.74) is -3.28. The fourth-order valence-electron chi connectivity index (χ4n) is 2.75. The summed E-state index contributed by atoms with van der Waals surface area (Å²) in [5, 5.41) is 0. The largest absolute Gasteiger partial charge is 0.496 e. The first-order valence-electron chi connectivity index (χ1n) is 8.14. The van der Waals surface area contributed by atoms with Gasteiger partial charge in [-0.1, -0.05) is 0 Å². The molecule has 0 bridgehead atoms. The van der Waals surface area contributed by atoms with Gasteiger partial charge in [0.15, 0.2) is 5.82 Å². The van der Waals surface area contributed by atoms with Gasteiger partial charge in [0.2, 0.25) is 5.60 Å². The van der Waals surface area contributed by atoms with E-state index in [1.807, 2.05) is 27.7 Å².